The highest BCUT2D eigenvalue weighted by atomic mass is 32.1. The molecule has 0 bridgehead atoms. The van der Waals surface area contributed by atoms with E-state index < -0.39 is 11.9 Å². The first kappa shape index (κ1) is 16.3. The van der Waals surface area contributed by atoms with Crippen LogP contribution in [0.3, 0.4) is 0 Å². The molecular weight excluding hydrogens is 327 g/mol. The highest BCUT2D eigenvalue weighted by molar-refractivity contribution is 7.13. The van der Waals surface area contributed by atoms with Crippen molar-refractivity contribution in [3.05, 3.63) is 29.0 Å². The van der Waals surface area contributed by atoms with Gasteiger partial charge in [0.1, 0.15) is 0 Å². The Bertz CT molecular complexity index is 665. The standard InChI is InChI=1S/C14H18F3N5S/c1-10-6-22(13-19-12(9-23-13)14(15,16)17)4-3-21(10)8-11-5-18-20(2)7-11/h5,7,9-10H,3-4,6,8H2,1-2H3. The van der Waals surface area contributed by atoms with E-state index in [2.05, 4.69) is 21.9 Å². The third-order valence-corrected chi connectivity index (χ3v) is 4.86. The number of hydrogen-bond acceptors (Lipinski definition) is 5. The van der Waals surface area contributed by atoms with Gasteiger partial charge in [-0.2, -0.15) is 18.3 Å². The molecule has 126 valence electrons. The molecular formula is C14H18F3N5S. The largest absolute Gasteiger partial charge is 0.434 e. The second kappa shape index (κ2) is 6.12. The van der Waals surface area contributed by atoms with E-state index >= 15 is 0 Å². The Morgan fingerprint density at radius 3 is 2.70 bits per heavy atom. The van der Waals surface area contributed by atoms with Crippen molar-refractivity contribution in [2.75, 3.05) is 24.5 Å². The molecule has 1 saturated heterocycles. The second-order valence-corrected chi connectivity index (χ2v) is 6.64. The summed E-state index contributed by atoms with van der Waals surface area (Å²) < 4.78 is 39.8. The zero-order valence-electron chi connectivity index (χ0n) is 12.9. The lowest BCUT2D eigenvalue weighted by molar-refractivity contribution is -0.140. The van der Waals surface area contributed by atoms with Crippen LogP contribution in [-0.2, 0) is 19.8 Å². The molecule has 1 unspecified atom stereocenters. The summed E-state index contributed by atoms with van der Waals surface area (Å²) in [5, 5.41) is 5.69. The lowest BCUT2D eigenvalue weighted by Crippen LogP contribution is -2.51. The van der Waals surface area contributed by atoms with Crippen LogP contribution in [0.4, 0.5) is 18.3 Å². The molecule has 3 heterocycles. The maximum Gasteiger partial charge on any atom is 0.434 e. The minimum absolute atomic E-state index is 0.238. The van der Waals surface area contributed by atoms with Gasteiger partial charge in [-0.3, -0.25) is 9.58 Å². The normalized spacial score (nSPS) is 20.2. The van der Waals surface area contributed by atoms with E-state index in [0.29, 0.717) is 18.2 Å². The maximum atomic E-state index is 12.7. The minimum Gasteiger partial charge on any atom is -0.345 e. The van der Waals surface area contributed by atoms with Gasteiger partial charge in [-0.1, -0.05) is 0 Å². The van der Waals surface area contributed by atoms with Gasteiger partial charge < -0.3 is 4.90 Å². The minimum atomic E-state index is -4.37. The van der Waals surface area contributed by atoms with Gasteiger partial charge in [0.15, 0.2) is 10.8 Å². The molecule has 0 radical (unpaired) electrons. The molecule has 1 aliphatic rings. The number of aryl methyl sites for hydroxylation is 1. The number of hydrogen-bond donors (Lipinski definition) is 0. The Morgan fingerprint density at radius 2 is 2.13 bits per heavy atom. The summed E-state index contributed by atoms with van der Waals surface area (Å²) in [6, 6.07) is 0.238. The first-order valence-corrected chi connectivity index (χ1v) is 8.20. The average molecular weight is 345 g/mol. The fraction of sp³-hybridized carbons (Fsp3) is 0.571. The SMILES string of the molecule is CC1CN(c2nc(C(F)(F)F)cs2)CCN1Cc1cnn(C)c1. The van der Waals surface area contributed by atoms with Gasteiger partial charge in [-0.25, -0.2) is 4.98 Å². The second-order valence-electron chi connectivity index (χ2n) is 5.80. The van der Waals surface area contributed by atoms with Crippen LogP contribution in [0.1, 0.15) is 18.2 Å². The highest BCUT2D eigenvalue weighted by Crippen LogP contribution is 2.33. The van der Waals surface area contributed by atoms with Crippen molar-refractivity contribution in [1.29, 1.82) is 0 Å². The van der Waals surface area contributed by atoms with Gasteiger partial charge in [0, 0.05) is 56.4 Å². The zero-order chi connectivity index (χ0) is 16.6. The summed E-state index contributed by atoms with van der Waals surface area (Å²) in [6.07, 6.45) is -0.548. The fourth-order valence-corrected chi connectivity index (χ4v) is 3.60. The third kappa shape index (κ3) is 3.66. The Balaban J connectivity index is 1.63. The van der Waals surface area contributed by atoms with Crippen LogP contribution < -0.4 is 4.90 Å². The van der Waals surface area contributed by atoms with Gasteiger partial charge in [0.05, 0.1) is 6.20 Å². The van der Waals surface area contributed by atoms with Gasteiger partial charge >= 0.3 is 6.18 Å². The summed E-state index contributed by atoms with van der Waals surface area (Å²) in [7, 11) is 1.88. The number of alkyl halides is 3. The van der Waals surface area contributed by atoms with Crippen molar-refractivity contribution < 1.29 is 13.2 Å². The van der Waals surface area contributed by atoms with Crippen molar-refractivity contribution in [3.8, 4) is 0 Å². The van der Waals surface area contributed by atoms with Gasteiger partial charge in [-0.05, 0) is 6.92 Å². The van der Waals surface area contributed by atoms with Gasteiger partial charge in [0.25, 0.3) is 0 Å². The maximum absolute atomic E-state index is 12.7. The predicted octanol–water partition coefficient (Wildman–Crippen LogP) is 2.61. The van der Waals surface area contributed by atoms with E-state index in [0.717, 1.165) is 35.4 Å². The van der Waals surface area contributed by atoms with Crippen molar-refractivity contribution in [2.24, 2.45) is 7.05 Å². The smallest absolute Gasteiger partial charge is 0.345 e. The highest BCUT2D eigenvalue weighted by Gasteiger charge is 2.35. The van der Waals surface area contributed by atoms with E-state index in [9.17, 15) is 13.2 Å². The van der Waals surface area contributed by atoms with Crippen LogP contribution in [0, 0.1) is 0 Å². The molecule has 23 heavy (non-hydrogen) atoms. The lowest BCUT2D eigenvalue weighted by Gasteiger charge is -2.39. The monoisotopic (exact) mass is 345 g/mol. The number of piperazine rings is 1. The lowest BCUT2D eigenvalue weighted by atomic mass is 10.2. The van der Waals surface area contributed by atoms with E-state index in [4.69, 9.17) is 0 Å². The van der Waals surface area contributed by atoms with E-state index in [1.165, 1.54) is 0 Å². The molecule has 1 fully saturated rings. The van der Waals surface area contributed by atoms with Crippen LogP contribution in [0.2, 0.25) is 0 Å². The molecule has 2 aromatic heterocycles. The molecule has 0 spiro atoms. The van der Waals surface area contributed by atoms with E-state index in [1.807, 2.05) is 24.3 Å². The topological polar surface area (TPSA) is 37.2 Å². The number of aromatic nitrogens is 3. The Labute approximate surface area is 136 Å². The van der Waals surface area contributed by atoms with Crippen molar-refractivity contribution in [1.82, 2.24) is 19.7 Å². The van der Waals surface area contributed by atoms with Crippen LogP contribution in [0.15, 0.2) is 17.8 Å². The predicted molar refractivity (Wildman–Crippen MR) is 82.4 cm³/mol. The summed E-state index contributed by atoms with van der Waals surface area (Å²) in [5.41, 5.74) is 0.337. The molecule has 1 aliphatic heterocycles. The van der Waals surface area contributed by atoms with E-state index in [1.54, 1.807) is 4.68 Å². The summed E-state index contributed by atoms with van der Waals surface area (Å²) >= 11 is 1.06. The third-order valence-electron chi connectivity index (χ3n) is 3.96. The molecule has 0 amide bonds. The number of rotatable bonds is 3. The first-order valence-electron chi connectivity index (χ1n) is 7.32. The average Bonchev–Trinajstić information content (AvgIpc) is 3.10. The quantitative estimate of drug-likeness (QED) is 0.857. The van der Waals surface area contributed by atoms with E-state index in [-0.39, 0.29) is 6.04 Å². The van der Waals surface area contributed by atoms with Crippen molar-refractivity contribution in [3.63, 3.8) is 0 Å². The summed E-state index contributed by atoms with van der Waals surface area (Å²) in [5.74, 6) is 0. The number of anilines is 1. The van der Waals surface area contributed by atoms with Crippen LogP contribution in [0.5, 0.6) is 0 Å². The van der Waals surface area contributed by atoms with Gasteiger partial charge in [-0.15, -0.1) is 11.3 Å². The Kier molecular flexibility index (Phi) is 4.33. The van der Waals surface area contributed by atoms with Crippen LogP contribution in [-0.4, -0.2) is 45.3 Å². The van der Waals surface area contributed by atoms with Crippen LogP contribution in [0.25, 0.3) is 0 Å². The number of halogens is 3. The van der Waals surface area contributed by atoms with Gasteiger partial charge in [0.2, 0.25) is 0 Å². The molecule has 3 rings (SSSR count). The summed E-state index contributed by atoms with van der Waals surface area (Å²) in [6.45, 7) is 5.02. The molecule has 9 heteroatoms. The molecule has 1 atom stereocenters. The summed E-state index contributed by atoms with van der Waals surface area (Å²) in [4.78, 5) is 7.99. The van der Waals surface area contributed by atoms with Crippen LogP contribution >= 0.6 is 11.3 Å². The number of thiazole rings is 1. The molecule has 5 nitrogen and oxygen atoms in total. The Hall–Kier alpha value is -1.61. The van der Waals surface area contributed by atoms with Crippen molar-refractivity contribution in [2.45, 2.75) is 25.7 Å². The zero-order valence-corrected chi connectivity index (χ0v) is 13.7. The molecule has 0 aliphatic carbocycles. The first-order chi connectivity index (χ1) is 10.8. The molecule has 0 N–H and O–H groups in total. The fourth-order valence-electron chi connectivity index (χ4n) is 2.73. The molecule has 0 aromatic carbocycles. The van der Waals surface area contributed by atoms with Crippen molar-refractivity contribution >= 4 is 16.5 Å². The molecule has 2 aromatic rings. The Morgan fingerprint density at radius 1 is 1.35 bits per heavy atom. The number of nitrogens with zero attached hydrogens (tertiary/aromatic N) is 5. The molecule has 0 saturated carbocycles.